The Kier molecular flexibility index (Phi) is 9.17. The maximum atomic E-state index is 13.5. The topological polar surface area (TPSA) is 115 Å². The van der Waals surface area contributed by atoms with Gasteiger partial charge < -0.3 is 24.8 Å². The van der Waals surface area contributed by atoms with Gasteiger partial charge in [-0.15, -0.1) is 11.3 Å². The number of aliphatic hydroxyl groups is 1. The minimum absolute atomic E-state index is 0.104. The van der Waals surface area contributed by atoms with E-state index in [-0.39, 0.29) is 36.1 Å². The fourth-order valence-electron chi connectivity index (χ4n) is 6.17. The summed E-state index contributed by atoms with van der Waals surface area (Å²) < 4.78 is 65.9. The highest BCUT2D eigenvalue weighted by atomic mass is 35.5. The number of likely N-dealkylation sites (tertiary alicyclic amines) is 1. The number of nitrogens with one attached hydrogen (secondary N) is 1. The molecular formula is C33H29ClF4N6O4S. The number of thiophene rings is 1. The molecule has 2 aromatic carbocycles. The SMILES string of the molecule is O=C(OC1Cc2c(sc3ncnc(Nc4ccc(OCc5cccc(F)c5)c(Cl)c4)c23)-c2cn(C[C@H](O)CN3CCCC3)nc21)C(F)(F)F. The third-order valence-electron chi connectivity index (χ3n) is 8.34. The predicted octanol–water partition coefficient (Wildman–Crippen LogP) is 6.83. The fourth-order valence-corrected chi connectivity index (χ4v) is 7.60. The zero-order valence-corrected chi connectivity index (χ0v) is 27.3. The molecular weight excluding hydrogens is 688 g/mol. The number of benzene rings is 2. The quantitative estimate of drug-likeness (QED) is 0.119. The number of aromatic nitrogens is 4. The Hall–Kier alpha value is -4.31. The molecule has 0 saturated carbocycles. The summed E-state index contributed by atoms with van der Waals surface area (Å²) in [5.74, 6) is -1.95. The number of esters is 1. The third-order valence-corrected chi connectivity index (χ3v) is 9.81. The summed E-state index contributed by atoms with van der Waals surface area (Å²) in [6, 6.07) is 11.0. The van der Waals surface area contributed by atoms with Crippen LogP contribution in [0, 0.1) is 5.82 Å². The van der Waals surface area contributed by atoms with Gasteiger partial charge in [-0.25, -0.2) is 19.2 Å². The fraction of sp³-hybridized carbons (Fsp3) is 0.333. The third kappa shape index (κ3) is 7.20. The van der Waals surface area contributed by atoms with Crippen molar-refractivity contribution in [2.24, 2.45) is 0 Å². The van der Waals surface area contributed by atoms with Gasteiger partial charge in [0.25, 0.3) is 0 Å². The number of anilines is 2. The van der Waals surface area contributed by atoms with Crippen LogP contribution in [0.4, 0.5) is 29.1 Å². The molecule has 2 N–H and O–H groups in total. The molecule has 256 valence electrons. The highest BCUT2D eigenvalue weighted by molar-refractivity contribution is 7.22. The molecule has 4 heterocycles. The number of β-amino-alcohol motifs (C(OH)–C–C–N with tert-alkyl or cyclic N) is 1. The maximum Gasteiger partial charge on any atom is 0.490 e. The minimum Gasteiger partial charge on any atom is -0.487 e. The van der Waals surface area contributed by atoms with E-state index >= 15 is 0 Å². The summed E-state index contributed by atoms with van der Waals surface area (Å²) in [6.07, 6.45) is -2.26. The van der Waals surface area contributed by atoms with E-state index < -0.39 is 24.4 Å². The second-order valence-electron chi connectivity index (χ2n) is 11.9. The molecule has 16 heteroatoms. The molecule has 0 bridgehead atoms. The second-order valence-corrected chi connectivity index (χ2v) is 13.3. The van der Waals surface area contributed by atoms with E-state index in [9.17, 15) is 27.5 Å². The van der Waals surface area contributed by atoms with Crippen molar-refractivity contribution in [3.8, 4) is 16.2 Å². The zero-order valence-electron chi connectivity index (χ0n) is 25.7. The van der Waals surface area contributed by atoms with Crippen LogP contribution in [0.1, 0.15) is 35.8 Å². The predicted molar refractivity (Wildman–Crippen MR) is 174 cm³/mol. The van der Waals surface area contributed by atoms with Gasteiger partial charge in [-0.3, -0.25) is 4.68 Å². The summed E-state index contributed by atoms with van der Waals surface area (Å²) >= 11 is 7.82. The average molecular weight is 717 g/mol. The molecule has 3 aromatic heterocycles. The monoisotopic (exact) mass is 716 g/mol. The van der Waals surface area contributed by atoms with Gasteiger partial charge in [0.1, 0.15) is 40.8 Å². The molecule has 49 heavy (non-hydrogen) atoms. The van der Waals surface area contributed by atoms with Crippen LogP contribution in [-0.2, 0) is 29.1 Å². The van der Waals surface area contributed by atoms with E-state index in [0.29, 0.717) is 55.6 Å². The molecule has 1 saturated heterocycles. The van der Waals surface area contributed by atoms with E-state index in [1.165, 1.54) is 34.5 Å². The molecule has 7 rings (SSSR count). The van der Waals surface area contributed by atoms with Crippen LogP contribution in [0.5, 0.6) is 5.75 Å². The van der Waals surface area contributed by atoms with Crippen LogP contribution < -0.4 is 10.1 Å². The van der Waals surface area contributed by atoms with Gasteiger partial charge in [-0.2, -0.15) is 18.3 Å². The van der Waals surface area contributed by atoms with E-state index in [1.807, 2.05) is 0 Å². The first-order valence-corrected chi connectivity index (χ1v) is 16.7. The molecule has 5 aromatic rings. The first-order valence-electron chi connectivity index (χ1n) is 15.5. The first kappa shape index (κ1) is 33.2. The molecule has 0 radical (unpaired) electrons. The van der Waals surface area contributed by atoms with Crippen LogP contribution in [-0.4, -0.2) is 67.6 Å². The van der Waals surface area contributed by atoms with E-state index in [1.54, 1.807) is 36.5 Å². The Morgan fingerprint density at radius 2 is 1.96 bits per heavy atom. The van der Waals surface area contributed by atoms with Crippen molar-refractivity contribution in [2.75, 3.05) is 25.0 Å². The Bertz CT molecular complexity index is 2010. The molecule has 2 aliphatic rings. The summed E-state index contributed by atoms with van der Waals surface area (Å²) in [4.78, 5) is 24.3. The number of alkyl halides is 3. The Balaban J connectivity index is 1.18. The molecule has 1 aliphatic carbocycles. The summed E-state index contributed by atoms with van der Waals surface area (Å²) in [7, 11) is 0. The highest BCUT2D eigenvalue weighted by Gasteiger charge is 2.44. The van der Waals surface area contributed by atoms with E-state index in [2.05, 4.69) is 25.3 Å². The molecule has 0 amide bonds. The number of ether oxygens (including phenoxy) is 2. The van der Waals surface area contributed by atoms with Gasteiger partial charge in [0.05, 0.1) is 23.1 Å². The lowest BCUT2D eigenvalue weighted by atomic mass is 9.93. The number of aliphatic hydroxyl groups excluding tert-OH is 1. The summed E-state index contributed by atoms with van der Waals surface area (Å²) in [5.41, 5.74) is 2.43. The Morgan fingerprint density at radius 1 is 1.14 bits per heavy atom. The van der Waals surface area contributed by atoms with Gasteiger partial charge >= 0.3 is 12.1 Å². The Morgan fingerprint density at radius 3 is 2.71 bits per heavy atom. The molecule has 1 fully saturated rings. The van der Waals surface area contributed by atoms with Crippen LogP contribution in [0.25, 0.3) is 20.7 Å². The number of hydrogen-bond donors (Lipinski definition) is 2. The number of carbonyl (C=O) groups excluding carboxylic acids is 1. The number of carbonyl (C=O) groups is 1. The number of fused-ring (bicyclic) bond motifs is 5. The molecule has 1 aliphatic heterocycles. The number of nitrogens with zero attached hydrogens (tertiary/aromatic N) is 5. The van der Waals surface area contributed by atoms with Crippen LogP contribution in [0.2, 0.25) is 5.02 Å². The first-order chi connectivity index (χ1) is 23.5. The largest absolute Gasteiger partial charge is 0.490 e. The van der Waals surface area contributed by atoms with Crippen molar-refractivity contribution in [3.05, 3.63) is 82.6 Å². The van der Waals surface area contributed by atoms with Crippen LogP contribution in [0.15, 0.2) is 55.0 Å². The number of halogens is 5. The van der Waals surface area contributed by atoms with Gasteiger partial charge in [-0.05, 0) is 67.4 Å². The summed E-state index contributed by atoms with van der Waals surface area (Å²) in [6.45, 7) is 2.45. The lowest BCUT2D eigenvalue weighted by Crippen LogP contribution is -2.33. The minimum atomic E-state index is -5.20. The van der Waals surface area contributed by atoms with Gasteiger partial charge in [0.2, 0.25) is 0 Å². The van der Waals surface area contributed by atoms with Crippen LogP contribution >= 0.6 is 22.9 Å². The smallest absolute Gasteiger partial charge is 0.487 e. The second kappa shape index (κ2) is 13.5. The van der Waals surface area contributed by atoms with Crippen LogP contribution in [0.3, 0.4) is 0 Å². The van der Waals surface area contributed by atoms with Crippen molar-refractivity contribution in [1.29, 1.82) is 0 Å². The van der Waals surface area contributed by atoms with Crippen molar-refractivity contribution in [2.45, 2.75) is 50.8 Å². The van der Waals surface area contributed by atoms with Gasteiger partial charge in [0.15, 0.2) is 6.10 Å². The van der Waals surface area contributed by atoms with Gasteiger partial charge in [0, 0.05) is 35.3 Å². The lowest BCUT2D eigenvalue weighted by molar-refractivity contribution is -0.205. The number of rotatable bonds is 10. The summed E-state index contributed by atoms with van der Waals surface area (Å²) in [5, 5.41) is 19.3. The van der Waals surface area contributed by atoms with Crippen molar-refractivity contribution >= 4 is 50.6 Å². The maximum absolute atomic E-state index is 13.5. The van der Waals surface area contributed by atoms with Crippen molar-refractivity contribution in [3.63, 3.8) is 0 Å². The normalized spacial score (nSPS) is 16.7. The van der Waals surface area contributed by atoms with Gasteiger partial charge in [-0.1, -0.05) is 23.7 Å². The molecule has 2 atom stereocenters. The lowest BCUT2D eigenvalue weighted by Gasteiger charge is -2.23. The van der Waals surface area contributed by atoms with E-state index in [4.69, 9.17) is 21.1 Å². The van der Waals surface area contributed by atoms with Crippen molar-refractivity contribution in [1.82, 2.24) is 24.6 Å². The zero-order chi connectivity index (χ0) is 34.3. The molecule has 0 spiro atoms. The average Bonchev–Trinajstić information content (AvgIpc) is 3.80. The highest BCUT2D eigenvalue weighted by Crippen LogP contribution is 2.49. The Labute approximate surface area is 286 Å². The molecule has 10 nitrogen and oxygen atoms in total. The molecule has 1 unspecified atom stereocenters. The number of hydrogen-bond acceptors (Lipinski definition) is 10. The van der Waals surface area contributed by atoms with Crippen molar-refractivity contribution < 1.29 is 36.9 Å². The standard InChI is InChI=1S/C33H29ClF4N6O4S/c34-24-11-20(6-7-25(24)47-16-18-4-3-5-19(35)10-18)41-30-27-22-12-26(48-32(46)33(36,37)38)28-23(29(22)49-31(27)40-17-39-30)15-44(42-28)14-21(45)13-43-8-1-2-9-43/h3-7,10-11,15,17,21,26,45H,1-2,8-9,12-14,16H2,(H,39,40,41)/t21-,26?/m1/s1. The van der Waals surface area contributed by atoms with E-state index in [0.717, 1.165) is 25.9 Å².